The van der Waals surface area contributed by atoms with Crippen molar-refractivity contribution in [3.63, 3.8) is 0 Å². The van der Waals surface area contributed by atoms with Crippen molar-refractivity contribution in [3.05, 3.63) is 24.3 Å². The largest absolute Gasteiger partial charge is 0.383 e. The standard InChI is InChI=1S/C14H18N6O2.ClH/c1-22-8-12(15)14(21)16-10-4-2-3-9(7-10)13-17-18-19-20(13)11-5-6-11;/h2-4,7,11-12H,5-6,8,15H2,1H3,(H,16,21);1H. The zero-order valence-corrected chi connectivity index (χ0v) is 13.5. The van der Waals surface area contributed by atoms with Gasteiger partial charge in [-0.1, -0.05) is 12.1 Å². The van der Waals surface area contributed by atoms with Gasteiger partial charge in [0.15, 0.2) is 5.82 Å². The van der Waals surface area contributed by atoms with E-state index in [4.69, 9.17) is 10.5 Å². The summed E-state index contributed by atoms with van der Waals surface area (Å²) in [7, 11) is 1.51. The highest BCUT2D eigenvalue weighted by Crippen LogP contribution is 2.36. The van der Waals surface area contributed by atoms with Crippen LogP contribution in [0, 0.1) is 0 Å². The molecule has 0 saturated heterocycles. The monoisotopic (exact) mass is 338 g/mol. The molecule has 1 fully saturated rings. The van der Waals surface area contributed by atoms with Gasteiger partial charge in [-0.15, -0.1) is 17.5 Å². The summed E-state index contributed by atoms with van der Waals surface area (Å²) in [5.74, 6) is 0.417. The van der Waals surface area contributed by atoms with E-state index in [1.54, 1.807) is 6.07 Å². The zero-order valence-electron chi connectivity index (χ0n) is 12.7. The van der Waals surface area contributed by atoms with E-state index in [1.165, 1.54) is 7.11 Å². The van der Waals surface area contributed by atoms with Crippen LogP contribution in [-0.2, 0) is 9.53 Å². The molecule has 0 aliphatic heterocycles. The number of nitrogens with zero attached hydrogens (tertiary/aromatic N) is 4. The van der Waals surface area contributed by atoms with Gasteiger partial charge < -0.3 is 15.8 Å². The number of hydrogen-bond donors (Lipinski definition) is 2. The number of halogens is 1. The van der Waals surface area contributed by atoms with E-state index in [0.717, 1.165) is 18.4 Å². The number of ether oxygens (including phenoxy) is 1. The van der Waals surface area contributed by atoms with Crippen LogP contribution in [0.25, 0.3) is 11.4 Å². The molecule has 0 bridgehead atoms. The number of nitrogens with two attached hydrogens (primary N) is 1. The first-order valence-electron chi connectivity index (χ1n) is 7.12. The maximum Gasteiger partial charge on any atom is 0.243 e. The fourth-order valence-corrected chi connectivity index (χ4v) is 2.17. The summed E-state index contributed by atoms with van der Waals surface area (Å²) in [6.45, 7) is 0.172. The molecule has 3 rings (SSSR count). The second kappa shape index (κ2) is 7.49. The minimum Gasteiger partial charge on any atom is -0.383 e. The molecule has 1 aromatic carbocycles. The van der Waals surface area contributed by atoms with Gasteiger partial charge in [-0.25, -0.2) is 4.68 Å². The number of amides is 1. The van der Waals surface area contributed by atoms with Crippen molar-refractivity contribution >= 4 is 24.0 Å². The van der Waals surface area contributed by atoms with E-state index in [2.05, 4.69) is 20.8 Å². The van der Waals surface area contributed by atoms with Crippen LogP contribution in [0.3, 0.4) is 0 Å². The highest BCUT2D eigenvalue weighted by molar-refractivity contribution is 5.95. The second-order valence-corrected chi connectivity index (χ2v) is 5.31. The third kappa shape index (κ3) is 4.04. The lowest BCUT2D eigenvalue weighted by molar-refractivity contribution is -0.118. The van der Waals surface area contributed by atoms with Crippen molar-refractivity contribution in [3.8, 4) is 11.4 Å². The van der Waals surface area contributed by atoms with Gasteiger partial charge in [0.05, 0.1) is 12.6 Å². The van der Waals surface area contributed by atoms with Crippen molar-refractivity contribution in [1.82, 2.24) is 20.2 Å². The highest BCUT2D eigenvalue weighted by atomic mass is 35.5. The van der Waals surface area contributed by atoms with Gasteiger partial charge in [0.1, 0.15) is 6.04 Å². The lowest BCUT2D eigenvalue weighted by Gasteiger charge is -2.12. The summed E-state index contributed by atoms with van der Waals surface area (Å²) in [6, 6.07) is 7.08. The topological polar surface area (TPSA) is 108 Å². The summed E-state index contributed by atoms with van der Waals surface area (Å²) in [4.78, 5) is 11.9. The number of nitrogens with one attached hydrogen (secondary N) is 1. The minimum atomic E-state index is -0.703. The quantitative estimate of drug-likeness (QED) is 0.813. The number of aromatic nitrogens is 4. The first-order chi connectivity index (χ1) is 10.7. The molecule has 1 unspecified atom stereocenters. The van der Waals surface area contributed by atoms with Gasteiger partial charge in [-0.05, 0) is 35.4 Å². The third-order valence-corrected chi connectivity index (χ3v) is 3.46. The predicted octanol–water partition coefficient (Wildman–Crippen LogP) is 1.01. The summed E-state index contributed by atoms with van der Waals surface area (Å²) in [5.41, 5.74) is 7.22. The molecule has 1 amide bonds. The Morgan fingerprint density at radius 1 is 1.52 bits per heavy atom. The van der Waals surface area contributed by atoms with Gasteiger partial charge in [0.25, 0.3) is 0 Å². The number of rotatable bonds is 6. The lowest BCUT2D eigenvalue weighted by atomic mass is 10.2. The predicted molar refractivity (Wildman–Crippen MR) is 87.3 cm³/mol. The van der Waals surface area contributed by atoms with E-state index in [-0.39, 0.29) is 24.9 Å². The second-order valence-electron chi connectivity index (χ2n) is 5.31. The SMILES string of the molecule is COCC(N)C(=O)Nc1cccc(-c2nnnn2C2CC2)c1.Cl. The Bertz CT molecular complexity index is 673. The maximum absolute atomic E-state index is 11.9. The number of methoxy groups -OCH3 is 1. The van der Waals surface area contributed by atoms with Crippen LogP contribution >= 0.6 is 12.4 Å². The third-order valence-electron chi connectivity index (χ3n) is 3.46. The molecule has 1 heterocycles. The number of carbonyl (C=O) groups excluding carboxylic acids is 1. The molecule has 0 spiro atoms. The van der Waals surface area contributed by atoms with Gasteiger partial charge in [0.2, 0.25) is 5.91 Å². The fraction of sp³-hybridized carbons (Fsp3) is 0.429. The maximum atomic E-state index is 11.9. The number of tetrazole rings is 1. The van der Waals surface area contributed by atoms with Crippen molar-refractivity contribution < 1.29 is 9.53 Å². The Kier molecular flexibility index (Phi) is 5.64. The van der Waals surface area contributed by atoms with Crippen LogP contribution in [0.4, 0.5) is 5.69 Å². The molecule has 1 saturated carbocycles. The van der Waals surface area contributed by atoms with Crippen LogP contribution in [-0.4, -0.2) is 45.9 Å². The van der Waals surface area contributed by atoms with Crippen molar-refractivity contribution in [2.24, 2.45) is 5.73 Å². The van der Waals surface area contributed by atoms with Gasteiger partial charge in [-0.2, -0.15) is 0 Å². The molecule has 1 aliphatic rings. The average molecular weight is 339 g/mol. The van der Waals surface area contributed by atoms with E-state index >= 15 is 0 Å². The molecule has 8 nitrogen and oxygen atoms in total. The number of benzene rings is 1. The summed E-state index contributed by atoms with van der Waals surface area (Å²) >= 11 is 0. The van der Waals surface area contributed by atoms with Crippen LogP contribution in [0.1, 0.15) is 18.9 Å². The van der Waals surface area contributed by atoms with Crippen molar-refractivity contribution in [1.29, 1.82) is 0 Å². The Morgan fingerprint density at radius 2 is 2.30 bits per heavy atom. The van der Waals surface area contributed by atoms with Crippen LogP contribution in [0.5, 0.6) is 0 Å². The highest BCUT2D eigenvalue weighted by Gasteiger charge is 2.28. The molecule has 1 aliphatic carbocycles. The normalized spacial score (nSPS) is 14.9. The van der Waals surface area contributed by atoms with Crippen LogP contribution < -0.4 is 11.1 Å². The van der Waals surface area contributed by atoms with Gasteiger partial charge >= 0.3 is 0 Å². The molecule has 2 aromatic rings. The van der Waals surface area contributed by atoms with E-state index in [9.17, 15) is 4.79 Å². The van der Waals surface area contributed by atoms with Gasteiger partial charge in [0, 0.05) is 18.4 Å². The summed E-state index contributed by atoms with van der Waals surface area (Å²) < 4.78 is 6.71. The Balaban J connectivity index is 0.00000192. The number of carbonyl (C=O) groups is 1. The van der Waals surface area contributed by atoms with Gasteiger partial charge in [-0.3, -0.25) is 4.79 Å². The van der Waals surface area contributed by atoms with Crippen LogP contribution in [0.15, 0.2) is 24.3 Å². The minimum absolute atomic E-state index is 0. The Labute approximate surface area is 139 Å². The molecule has 9 heteroatoms. The molecular weight excluding hydrogens is 320 g/mol. The molecule has 124 valence electrons. The lowest BCUT2D eigenvalue weighted by Crippen LogP contribution is -2.39. The molecule has 1 atom stereocenters. The molecule has 1 aromatic heterocycles. The summed E-state index contributed by atoms with van der Waals surface area (Å²) in [5, 5.41) is 14.6. The molecular formula is C14H19ClN6O2. The molecule has 3 N–H and O–H groups in total. The summed E-state index contributed by atoms with van der Waals surface area (Å²) in [6.07, 6.45) is 2.20. The first kappa shape index (κ1) is 17.3. The Morgan fingerprint density at radius 3 is 3.00 bits per heavy atom. The molecule has 23 heavy (non-hydrogen) atoms. The van der Waals surface area contributed by atoms with E-state index in [1.807, 2.05) is 22.9 Å². The zero-order chi connectivity index (χ0) is 15.5. The smallest absolute Gasteiger partial charge is 0.243 e. The van der Waals surface area contributed by atoms with Crippen LogP contribution in [0.2, 0.25) is 0 Å². The van der Waals surface area contributed by atoms with Crippen molar-refractivity contribution in [2.75, 3.05) is 19.0 Å². The molecule has 0 radical (unpaired) electrons. The average Bonchev–Trinajstić information content (AvgIpc) is 3.24. The first-order valence-corrected chi connectivity index (χ1v) is 7.12. The Hall–Kier alpha value is -2.03. The van der Waals surface area contributed by atoms with E-state index < -0.39 is 6.04 Å². The van der Waals surface area contributed by atoms with Crippen molar-refractivity contribution in [2.45, 2.75) is 24.9 Å². The number of anilines is 1. The number of hydrogen-bond acceptors (Lipinski definition) is 6. The fourth-order valence-electron chi connectivity index (χ4n) is 2.17. The van der Waals surface area contributed by atoms with E-state index in [0.29, 0.717) is 17.6 Å².